The number of hydrogen-bond acceptors (Lipinski definition) is 3. The lowest BCUT2D eigenvalue weighted by molar-refractivity contribution is -0.132. The minimum Gasteiger partial charge on any atom is -0.342 e. The van der Waals surface area contributed by atoms with E-state index in [1.54, 1.807) is 4.90 Å². The Morgan fingerprint density at radius 3 is 2.69 bits per heavy atom. The van der Waals surface area contributed by atoms with Gasteiger partial charge in [0.05, 0.1) is 7.11 Å². The first-order valence-electron chi connectivity index (χ1n) is 5.80. The van der Waals surface area contributed by atoms with Crippen molar-refractivity contribution < 1.29 is 14.4 Å². The van der Waals surface area contributed by atoms with Crippen molar-refractivity contribution in [2.75, 3.05) is 13.7 Å². The van der Waals surface area contributed by atoms with Crippen molar-refractivity contribution in [2.45, 2.75) is 44.6 Å². The quantitative estimate of drug-likeness (QED) is 0.541. The fourth-order valence-corrected chi connectivity index (χ4v) is 2.13. The molecule has 1 rings (SSSR count). The first-order valence-corrected chi connectivity index (χ1v) is 5.80. The first-order chi connectivity index (χ1) is 7.77. The molecule has 0 atom stereocenters. The van der Waals surface area contributed by atoms with Gasteiger partial charge in [-0.3, -0.25) is 14.4 Å². The lowest BCUT2D eigenvalue weighted by Gasteiger charge is -2.31. The number of hydroxylamine groups is 1. The molecule has 0 aromatic rings. The third kappa shape index (κ3) is 4.18. The van der Waals surface area contributed by atoms with E-state index in [1.165, 1.54) is 26.4 Å². The van der Waals surface area contributed by atoms with Crippen LogP contribution in [0, 0.1) is 0 Å². The minimum absolute atomic E-state index is 0.190. The first kappa shape index (κ1) is 13.0. The molecule has 0 aromatic heterocycles. The van der Waals surface area contributed by atoms with Crippen molar-refractivity contribution in [3.8, 4) is 0 Å². The van der Waals surface area contributed by atoms with Gasteiger partial charge in [0.15, 0.2) is 0 Å². The largest absolute Gasteiger partial charge is 0.342 e. The summed E-state index contributed by atoms with van der Waals surface area (Å²) in [6.45, 7) is 0.476. The number of nitrogens with one attached hydrogen (secondary N) is 1. The maximum Gasteiger partial charge on any atom is 0.245 e. The lowest BCUT2D eigenvalue weighted by Crippen LogP contribution is -2.38. The number of nitrogens with zero attached hydrogens (tertiary/aromatic N) is 1. The molecule has 1 N–H and O–H groups in total. The Bertz CT molecular complexity index is 227. The third-order valence-electron chi connectivity index (χ3n) is 2.99. The van der Waals surface area contributed by atoms with Gasteiger partial charge in [0.2, 0.25) is 12.3 Å². The number of amides is 2. The Morgan fingerprint density at radius 1 is 1.44 bits per heavy atom. The summed E-state index contributed by atoms with van der Waals surface area (Å²) in [4.78, 5) is 28.4. The zero-order chi connectivity index (χ0) is 11.8. The van der Waals surface area contributed by atoms with Gasteiger partial charge in [0.25, 0.3) is 0 Å². The van der Waals surface area contributed by atoms with Crippen LogP contribution < -0.4 is 5.48 Å². The van der Waals surface area contributed by atoms with E-state index in [0.29, 0.717) is 19.0 Å². The number of hydrogen-bond donors (Lipinski definition) is 1. The van der Waals surface area contributed by atoms with Crippen LogP contribution in [0.4, 0.5) is 0 Å². The summed E-state index contributed by atoms with van der Waals surface area (Å²) in [6, 6.07) is 0.321. The summed E-state index contributed by atoms with van der Waals surface area (Å²) in [7, 11) is 1.40. The van der Waals surface area contributed by atoms with Crippen LogP contribution in [0.25, 0.3) is 0 Å². The molecule has 0 aromatic carbocycles. The highest BCUT2D eigenvalue weighted by atomic mass is 16.6. The van der Waals surface area contributed by atoms with E-state index < -0.39 is 0 Å². The molecule has 0 heterocycles. The molecule has 1 fully saturated rings. The summed E-state index contributed by atoms with van der Waals surface area (Å²) < 4.78 is 0. The van der Waals surface area contributed by atoms with Gasteiger partial charge in [-0.05, 0) is 12.8 Å². The predicted octanol–water partition coefficient (Wildman–Crippen LogP) is 0.845. The van der Waals surface area contributed by atoms with E-state index in [1.807, 2.05) is 0 Å². The third-order valence-corrected chi connectivity index (χ3v) is 2.99. The van der Waals surface area contributed by atoms with Crippen LogP contribution in [0.3, 0.4) is 0 Å². The van der Waals surface area contributed by atoms with Crippen LogP contribution in [0.2, 0.25) is 0 Å². The number of carbonyl (C=O) groups excluding carboxylic acids is 2. The zero-order valence-corrected chi connectivity index (χ0v) is 9.78. The van der Waals surface area contributed by atoms with Gasteiger partial charge in [-0.15, -0.1) is 0 Å². The Kier molecular flexibility index (Phi) is 5.85. The van der Waals surface area contributed by atoms with Crippen molar-refractivity contribution in [3.63, 3.8) is 0 Å². The molecule has 1 saturated carbocycles. The second kappa shape index (κ2) is 7.22. The number of rotatable bonds is 6. The molecule has 0 bridgehead atoms. The second-order valence-corrected chi connectivity index (χ2v) is 4.11. The molecule has 5 nitrogen and oxygen atoms in total. The Balaban J connectivity index is 2.30. The Labute approximate surface area is 96.1 Å². The van der Waals surface area contributed by atoms with Gasteiger partial charge in [-0.2, -0.15) is 0 Å². The summed E-state index contributed by atoms with van der Waals surface area (Å²) in [5.74, 6) is -0.190. The molecule has 0 radical (unpaired) electrons. The average Bonchev–Trinajstić information content (AvgIpc) is 2.31. The summed E-state index contributed by atoms with van der Waals surface area (Å²) in [5.41, 5.74) is 2.25. The minimum atomic E-state index is -0.190. The van der Waals surface area contributed by atoms with Crippen LogP contribution in [-0.2, 0) is 14.4 Å². The van der Waals surface area contributed by atoms with Crippen LogP contribution >= 0.6 is 0 Å². The standard InChI is InChI=1S/C11H20N2O3/c1-16-12-11(15)7-8-13(9-14)10-5-3-2-4-6-10/h9-10H,2-8H2,1H3,(H,12,15). The number of carbonyl (C=O) groups is 2. The van der Waals surface area contributed by atoms with E-state index in [2.05, 4.69) is 10.3 Å². The molecule has 0 spiro atoms. The van der Waals surface area contributed by atoms with Crippen molar-refractivity contribution >= 4 is 12.3 Å². The molecule has 0 unspecified atom stereocenters. The van der Waals surface area contributed by atoms with Crippen LogP contribution in [0.15, 0.2) is 0 Å². The second-order valence-electron chi connectivity index (χ2n) is 4.11. The van der Waals surface area contributed by atoms with Gasteiger partial charge in [-0.25, -0.2) is 5.48 Å². The van der Waals surface area contributed by atoms with Crippen molar-refractivity contribution in [2.24, 2.45) is 0 Å². The molecule has 1 aliphatic rings. The predicted molar refractivity (Wildman–Crippen MR) is 59.4 cm³/mol. The van der Waals surface area contributed by atoms with Gasteiger partial charge < -0.3 is 4.90 Å². The van der Waals surface area contributed by atoms with E-state index in [-0.39, 0.29) is 5.91 Å². The summed E-state index contributed by atoms with van der Waals surface area (Å²) >= 11 is 0. The van der Waals surface area contributed by atoms with Crippen molar-refractivity contribution in [3.05, 3.63) is 0 Å². The molecule has 1 aliphatic carbocycles. The topological polar surface area (TPSA) is 58.6 Å². The van der Waals surface area contributed by atoms with Gasteiger partial charge in [0, 0.05) is 19.0 Å². The van der Waals surface area contributed by atoms with E-state index in [9.17, 15) is 9.59 Å². The molecule has 92 valence electrons. The van der Waals surface area contributed by atoms with Gasteiger partial charge in [0.1, 0.15) is 0 Å². The van der Waals surface area contributed by atoms with Crippen molar-refractivity contribution in [1.29, 1.82) is 0 Å². The van der Waals surface area contributed by atoms with Crippen LogP contribution in [-0.4, -0.2) is 36.9 Å². The molecule has 0 aliphatic heterocycles. The molecule has 0 saturated heterocycles. The summed E-state index contributed by atoms with van der Waals surface area (Å²) in [5, 5.41) is 0. The average molecular weight is 228 g/mol. The molecular formula is C11H20N2O3. The smallest absolute Gasteiger partial charge is 0.245 e. The Morgan fingerprint density at radius 2 is 2.12 bits per heavy atom. The molecule has 5 heteroatoms. The maximum absolute atomic E-state index is 11.2. The highest BCUT2D eigenvalue weighted by Gasteiger charge is 2.20. The molecule has 16 heavy (non-hydrogen) atoms. The van der Waals surface area contributed by atoms with E-state index >= 15 is 0 Å². The maximum atomic E-state index is 11.2. The van der Waals surface area contributed by atoms with Crippen molar-refractivity contribution in [1.82, 2.24) is 10.4 Å². The normalized spacial score (nSPS) is 16.8. The molecular weight excluding hydrogens is 208 g/mol. The van der Waals surface area contributed by atoms with Gasteiger partial charge >= 0.3 is 0 Å². The zero-order valence-electron chi connectivity index (χ0n) is 9.78. The SMILES string of the molecule is CONC(=O)CCN(C=O)C1CCCCC1. The Hall–Kier alpha value is -1.10. The lowest BCUT2D eigenvalue weighted by atomic mass is 9.94. The van der Waals surface area contributed by atoms with Crippen LogP contribution in [0.5, 0.6) is 0 Å². The van der Waals surface area contributed by atoms with E-state index in [4.69, 9.17) is 0 Å². The molecule has 2 amide bonds. The fraction of sp³-hybridized carbons (Fsp3) is 0.818. The van der Waals surface area contributed by atoms with Gasteiger partial charge in [-0.1, -0.05) is 19.3 Å². The monoisotopic (exact) mass is 228 g/mol. The summed E-state index contributed by atoms with van der Waals surface area (Å²) in [6.07, 6.45) is 6.89. The van der Waals surface area contributed by atoms with E-state index in [0.717, 1.165) is 19.3 Å². The highest BCUT2D eigenvalue weighted by Crippen LogP contribution is 2.21. The fourth-order valence-electron chi connectivity index (χ4n) is 2.13. The highest BCUT2D eigenvalue weighted by molar-refractivity contribution is 5.75. The van der Waals surface area contributed by atoms with Crippen LogP contribution in [0.1, 0.15) is 38.5 Å².